The molecule has 0 radical (unpaired) electrons. The molecule has 0 saturated heterocycles. The molecule has 2 rings (SSSR count). The molecule has 0 aliphatic rings. The van der Waals surface area contributed by atoms with Gasteiger partial charge in [-0.05, 0) is 71.0 Å². The first kappa shape index (κ1) is 15.2. The molecule has 3 nitrogen and oxygen atoms in total. The SMILES string of the molecule is Cc1ccc(/C=N\NC(=O)c2ccc(I)cc2)cc1Br. The maximum atomic E-state index is 11.8. The highest BCUT2D eigenvalue weighted by Crippen LogP contribution is 2.16. The van der Waals surface area contributed by atoms with Gasteiger partial charge in [-0.15, -0.1) is 0 Å². The Kier molecular flexibility index (Phi) is 5.31. The zero-order valence-corrected chi connectivity index (χ0v) is 14.5. The van der Waals surface area contributed by atoms with Crippen LogP contribution in [-0.4, -0.2) is 12.1 Å². The molecule has 0 heterocycles. The van der Waals surface area contributed by atoms with Crippen LogP contribution < -0.4 is 5.43 Å². The number of amides is 1. The van der Waals surface area contributed by atoms with Crippen LogP contribution in [0.5, 0.6) is 0 Å². The van der Waals surface area contributed by atoms with Crippen molar-refractivity contribution < 1.29 is 4.79 Å². The molecule has 0 spiro atoms. The van der Waals surface area contributed by atoms with Crippen molar-refractivity contribution in [2.45, 2.75) is 6.92 Å². The average Bonchev–Trinajstić information content (AvgIpc) is 2.43. The lowest BCUT2D eigenvalue weighted by Crippen LogP contribution is -2.17. The zero-order chi connectivity index (χ0) is 14.5. The number of halogens is 2. The van der Waals surface area contributed by atoms with Crippen LogP contribution in [0.2, 0.25) is 0 Å². The normalized spacial score (nSPS) is 10.8. The van der Waals surface area contributed by atoms with E-state index in [1.54, 1.807) is 18.3 Å². The van der Waals surface area contributed by atoms with Gasteiger partial charge >= 0.3 is 0 Å². The quantitative estimate of drug-likeness (QED) is 0.433. The molecule has 2 aromatic rings. The molecule has 0 aliphatic heterocycles. The number of carbonyl (C=O) groups is 1. The van der Waals surface area contributed by atoms with E-state index in [9.17, 15) is 4.79 Å². The number of hydrazone groups is 1. The Balaban J connectivity index is 2.00. The molecule has 1 amide bonds. The highest BCUT2D eigenvalue weighted by Gasteiger charge is 2.03. The fraction of sp³-hybridized carbons (Fsp3) is 0.0667. The highest BCUT2D eigenvalue weighted by atomic mass is 127. The molecule has 0 unspecified atom stereocenters. The van der Waals surface area contributed by atoms with Crippen molar-refractivity contribution in [3.63, 3.8) is 0 Å². The number of nitrogens with one attached hydrogen (secondary N) is 1. The Hall–Kier alpha value is -1.21. The molecule has 1 N–H and O–H groups in total. The van der Waals surface area contributed by atoms with Gasteiger partial charge in [-0.1, -0.05) is 28.1 Å². The second-order valence-corrected chi connectivity index (χ2v) is 6.31. The lowest BCUT2D eigenvalue weighted by Gasteiger charge is -2.01. The van der Waals surface area contributed by atoms with Crippen molar-refractivity contribution in [3.05, 3.63) is 67.2 Å². The molecule has 20 heavy (non-hydrogen) atoms. The predicted molar refractivity (Wildman–Crippen MR) is 93.1 cm³/mol. The Labute approximate surface area is 139 Å². The Morgan fingerprint density at radius 3 is 2.60 bits per heavy atom. The van der Waals surface area contributed by atoms with Crippen molar-refractivity contribution in [1.29, 1.82) is 0 Å². The second kappa shape index (κ2) is 6.99. The van der Waals surface area contributed by atoms with Crippen LogP contribution >= 0.6 is 38.5 Å². The minimum Gasteiger partial charge on any atom is -0.267 e. The molecule has 0 saturated carbocycles. The smallest absolute Gasteiger partial charge is 0.267 e. The lowest BCUT2D eigenvalue weighted by atomic mass is 10.2. The Morgan fingerprint density at radius 1 is 1.25 bits per heavy atom. The van der Waals surface area contributed by atoms with Gasteiger partial charge in [0.15, 0.2) is 0 Å². The van der Waals surface area contributed by atoms with E-state index in [-0.39, 0.29) is 5.91 Å². The maximum Gasteiger partial charge on any atom is 0.271 e. The van der Waals surface area contributed by atoms with Crippen LogP contribution in [0.4, 0.5) is 0 Å². The molecule has 0 fully saturated rings. The first-order valence-corrected chi connectivity index (χ1v) is 7.78. The second-order valence-electron chi connectivity index (χ2n) is 4.21. The number of rotatable bonds is 3. The van der Waals surface area contributed by atoms with Gasteiger partial charge in [0.1, 0.15) is 0 Å². The number of benzene rings is 2. The van der Waals surface area contributed by atoms with Crippen molar-refractivity contribution in [3.8, 4) is 0 Å². The molecular formula is C15H12BrIN2O. The molecular weight excluding hydrogens is 431 g/mol. The summed E-state index contributed by atoms with van der Waals surface area (Å²) in [6, 6.07) is 13.2. The average molecular weight is 443 g/mol. The van der Waals surface area contributed by atoms with Crippen LogP contribution in [0.1, 0.15) is 21.5 Å². The van der Waals surface area contributed by atoms with Gasteiger partial charge < -0.3 is 0 Å². The first-order valence-electron chi connectivity index (χ1n) is 5.91. The third-order valence-corrected chi connectivity index (χ3v) is 4.26. The fourth-order valence-corrected chi connectivity index (χ4v) is 2.28. The molecule has 5 heteroatoms. The summed E-state index contributed by atoms with van der Waals surface area (Å²) < 4.78 is 2.11. The van der Waals surface area contributed by atoms with Gasteiger partial charge in [-0.3, -0.25) is 4.79 Å². The summed E-state index contributed by atoms with van der Waals surface area (Å²) in [5.74, 6) is -0.219. The van der Waals surface area contributed by atoms with E-state index < -0.39 is 0 Å². The van der Waals surface area contributed by atoms with E-state index in [2.05, 4.69) is 49.0 Å². The molecule has 2 aromatic carbocycles. The van der Waals surface area contributed by atoms with Gasteiger partial charge in [0.05, 0.1) is 6.21 Å². The zero-order valence-electron chi connectivity index (χ0n) is 10.7. The summed E-state index contributed by atoms with van der Waals surface area (Å²) in [6.07, 6.45) is 1.62. The predicted octanol–water partition coefficient (Wildman–Crippen LogP) is 4.13. The Morgan fingerprint density at radius 2 is 1.95 bits per heavy atom. The fourth-order valence-electron chi connectivity index (χ4n) is 1.52. The minimum atomic E-state index is -0.219. The van der Waals surface area contributed by atoms with Gasteiger partial charge in [0.2, 0.25) is 0 Å². The number of carbonyl (C=O) groups excluding carboxylic acids is 1. The highest BCUT2D eigenvalue weighted by molar-refractivity contribution is 14.1. The van der Waals surface area contributed by atoms with Crippen LogP contribution in [0.25, 0.3) is 0 Å². The van der Waals surface area contributed by atoms with Crippen LogP contribution in [0.15, 0.2) is 52.0 Å². The third-order valence-electron chi connectivity index (χ3n) is 2.68. The maximum absolute atomic E-state index is 11.8. The molecule has 102 valence electrons. The van der Waals surface area contributed by atoms with Crippen LogP contribution in [0, 0.1) is 10.5 Å². The van der Waals surface area contributed by atoms with Crippen molar-refractivity contribution >= 4 is 50.6 Å². The minimum absolute atomic E-state index is 0.219. The largest absolute Gasteiger partial charge is 0.271 e. The number of hydrogen-bond acceptors (Lipinski definition) is 2. The van der Waals surface area contributed by atoms with Crippen LogP contribution in [-0.2, 0) is 0 Å². The monoisotopic (exact) mass is 442 g/mol. The standard InChI is InChI=1S/C15H12BrIN2O/c1-10-2-3-11(8-14(10)16)9-18-19-15(20)12-4-6-13(17)7-5-12/h2-9H,1H3,(H,19,20)/b18-9-. The van der Waals surface area contributed by atoms with E-state index in [4.69, 9.17) is 0 Å². The van der Waals surface area contributed by atoms with Gasteiger partial charge in [0, 0.05) is 13.6 Å². The van der Waals surface area contributed by atoms with Crippen molar-refractivity contribution in [1.82, 2.24) is 5.43 Å². The number of nitrogens with zero attached hydrogens (tertiary/aromatic N) is 1. The number of aryl methyl sites for hydroxylation is 1. The van der Waals surface area contributed by atoms with E-state index in [1.807, 2.05) is 37.3 Å². The van der Waals surface area contributed by atoms with Gasteiger partial charge in [-0.2, -0.15) is 5.10 Å². The van der Waals surface area contributed by atoms with E-state index in [0.717, 1.165) is 19.2 Å². The summed E-state index contributed by atoms with van der Waals surface area (Å²) in [5, 5.41) is 3.96. The van der Waals surface area contributed by atoms with Gasteiger partial charge in [0.25, 0.3) is 5.91 Å². The Bertz CT molecular complexity index is 653. The summed E-state index contributed by atoms with van der Waals surface area (Å²) in [4.78, 5) is 11.8. The topological polar surface area (TPSA) is 41.5 Å². The third kappa shape index (κ3) is 4.14. The summed E-state index contributed by atoms with van der Waals surface area (Å²) in [6.45, 7) is 2.02. The summed E-state index contributed by atoms with van der Waals surface area (Å²) >= 11 is 5.66. The molecule has 0 aliphatic carbocycles. The van der Waals surface area contributed by atoms with Crippen LogP contribution in [0.3, 0.4) is 0 Å². The number of hydrogen-bond donors (Lipinski definition) is 1. The molecule has 0 bridgehead atoms. The summed E-state index contributed by atoms with van der Waals surface area (Å²) in [7, 11) is 0. The lowest BCUT2D eigenvalue weighted by molar-refractivity contribution is 0.0955. The van der Waals surface area contributed by atoms with E-state index in [0.29, 0.717) is 5.56 Å². The van der Waals surface area contributed by atoms with E-state index in [1.165, 1.54) is 0 Å². The van der Waals surface area contributed by atoms with E-state index >= 15 is 0 Å². The first-order chi connectivity index (χ1) is 9.56. The van der Waals surface area contributed by atoms with Crippen molar-refractivity contribution in [2.24, 2.45) is 5.10 Å². The molecule has 0 atom stereocenters. The van der Waals surface area contributed by atoms with Gasteiger partial charge in [-0.25, -0.2) is 5.43 Å². The van der Waals surface area contributed by atoms with Crippen molar-refractivity contribution in [2.75, 3.05) is 0 Å². The summed E-state index contributed by atoms with van der Waals surface area (Å²) in [5.41, 5.74) is 5.18. The molecule has 0 aromatic heterocycles.